The highest BCUT2D eigenvalue weighted by Crippen LogP contribution is 2.16. The summed E-state index contributed by atoms with van der Waals surface area (Å²) in [4.78, 5) is 11.4. The van der Waals surface area contributed by atoms with E-state index >= 15 is 0 Å². The maximum atomic E-state index is 13.0. The Balaban J connectivity index is 0.00000324. The first-order valence-electron chi connectivity index (χ1n) is 5.44. The quantitative estimate of drug-likeness (QED) is 0.811. The van der Waals surface area contributed by atoms with Crippen molar-refractivity contribution >= 4 is 0 Å². The highest BCUT2D eigenvalue weighted by atomic mass is 19.3. The number of hydrogen-bond donors (Lipinski definition) is 1. The Kier molecular flexibility index (Phi) is 7.20. The molecule has 0 bridgehead atoms. The Morgan fingerprint density at radius 1 is 0.947 bits per heavy atom. The van der Waals surface area contributed by atoms with Crippen LogP contribution in [-0.2, 0) is 12.8 Å². The molecule has 0 saturated carbocycles. The van der Waals surface area contributed by atoms with Crippen LogP contribution < -0.4 is 10.9 Å². The molecular formula is C10H16F4N4O. The fourth-order valence-corrected chi connectivity index (χ4v) is 1.09. The van der Waals surface area contributed by atoms with Gasteiger partial charge in [0.25, 0.3) is 12.8 Å². The first-order chi connectivity index (χ1) is 8.47. The first kappa shape index (κ1) is 17.5. The van der Waals surface area contributed by atoms with Gasteiger partial charge in [-0.2, -0.15) is 14.4 Å². The number of alkyl halides is 4. The number of aryl methyl sites for hydroxylation is 2. The summed E-state index contributed by atoms with van der Waals surface area (Å²) in [5.74, 6) is 0.660. The monoisotopic (exact) mass is 284 g/mol. The Morgan fingerprint density at radius 2 is 1.42 bits per heavy atom. The van der Waals surface area contributed by atoms with Gasteiger partial charge in [0.1, 0.15) is 11.6 Å². The Labute approximate surface area is 108 Å². The summed E-state index contributed by atoms with van der Waals surface area (Å²) in [6.07, 6.45) is -8.41. The lowest BCUT2D eigenvalue weighted by atomic mass is 10.4. The molecule has 1 aromatic rings. The summed E-state index contributed by atoms with van der Waals surface area (Å²) in [7, 11) is 0. The summed E-state index contributed by atoms with van der Waals surface area (Å²) in [6.45, 7) is 3.51. The largest absolute Gasteiger partial charge is 0.425 e. The van der Waals surface area contributed by atoms with Crippen LogP contribution in [0.5, 0.6) is 6.01 Å². The van der Waals surface area contributed by atoms with E-state index in [2.05, 4.69) is 19.7 Å². The third kappa shape index (κ3) is 4.93. The number of ether oxygens (including phenoxy) is 1. The maximum Gasteiger partial charge on any atom is 0.322 e. The van der Waals surface area contributed by atoms with Gasteiger partial charge in [-0.3, -0.25) is 0 Å². The van der Waals surface area contributed by atoms with Gasteiger partial charge in [-0.25, -0.2) is 18.2 Å². The fourth-order valence-electron chi connectivity index (χ4n) is 1.09. The lowest BCUT2D eigenvalue weighted by Gasteiger charge is -2.14. The van der Waals surface area contributed by atoms with Crippen molar-refractivity contribution in [3.05, 3.63) is 11.6 Å². The molecule has 9 heteroatoms. The maximum absolute atomic E-state index is 13.0. The van der Waals surface area contributed by atoms with Gasteiger partial charge in [0.2, 0.25) is 6.17 Å². The van der Waals surface area contributed by atoms with Crippen molar-refractivity contribution in [3.8, 4) is 6.01 Å². The molecule has 0 spiro atoms. The molecule has 2 unspecified atom stereocenters. The molecule has 3 N–H and O–H groups in total. The van der Waals surface area contributed by atoms with E-state index in [1.807, 2.05) is 0 Å². The van der Waals surface area contributed by atoms with Crippen molar-refractivity contribution in [3.63, 3.8) is 0 Å². The lowest BCUT2D eigenvalue weighted by molar-refractivity contribution is -0.0787. The molecule has 5 nitrogen and oxygen atoms in total. The summed E-state index contributed by atoms with van der Waals surface area (Å²) in [5, 5.41) is 0. The summed E-state index contributed by atoms with van der Waals surface area (Å²) < 4.78 is 53.9. The normalized spacial score (nSPS) is 13.8. The minimum atomic E-state index is -3.46. The topological polar surface area (TPSA) is 82.9 Å². The van der Waals surface area contributed by atoms with E-state index in [4.69, 9.17) is 0 Å². The van der Waals surface area contributed by atoms with Crippen LogP contribution in [-0.4, -0.2) is 33.9 Å². The molecule has 0 amide bonds. The van der Waals surface area contributed by atoms with E-state index in [1.165, 1.54) is 0 Å². The van der Waals surface area contributed by atoms with Gasteiger partial charge >= 0.3 is 6.01 Å². The number of aromatic nitrogens is 3. The fraction of sp³-hybridized carbons (Fsp3) is 0.700. The van der Waals surface area contributed by atoms with Crippen molar-refractivity contribution in [1.29, 1.82) is 0 Å². The summed E-state index contributed by atoms with van der Waals surface area (Å²) in [5.41, 5.74) is 0. The van der Waals surface area contributed by atoms with Crippen LogP contribution in [0.25, 0.3) is 0 Å². The van der Waals surface area contributed by atoms with Crippen LogP contribution in [0.1, 0.15) is 25.5 Å². The van der Waals surface area contributed by atoms with Crippen molar-refractivity contribution in [2.24, 2.45) is 0 Å². The van der Waals surface area contributed by atoms with Crippen molar-refractivity contribution in [2.45, 2.75) is 45.6 Å². The molecule has 110 valence electrons. The number of rotatable bonds is 6. The summed E-state index contributed by atoms with van der Waals surface area (Å²) in [6, 6.07) is -0.477. The van der Waals surface area contributed by atoms with Gasteiger partial charge in [-0.15, -0.1) is 0 Å². The van der Waals surface area contributed by atoms with E-state index in [0.29, 0.717) is 24.5 Å². The molecule has 0 aliphatic rings. The number of nitrogens with zero attached hydrogens (tertiary/aromatic N) is 3. The molecule has 0 aromatic carbocycles. The Morgan fingerprint density at radius 3 is 1.79 bits per heavy atom. The van der Waals surface area contributed by atoms with E-state index < -0.39 is 25.0 Å². The second-order valence-corrected chi connectivity index (χ2v) is 3.41. The zero-order valence-corrected chi connectivity index (χ0v) is 10.6. The van der Waals surface area contributed by atoms with Gasteiger partial charge in [-0.05, 0) is 0 Å². The Hall–Kier alpha value is -1.51. The third-order valence-electron chi connectivity index (χ3n) is 2.05. The molecule has 0 aliphatic carbocycles. The van der Waals surface area contributed by atoms with Crippen molar-refractivity contribution in [1.82, 2.24) is 21.1 Å². The van der Waals surface area contributed by atoms with Crippen molar-refractivity contribution in [2.75, 3.05) is 0 Å². The third-order valence-corrected chi connectivity index (χ3v) is 2.05. The van der Waals surface area contributed by atoms with E-state index in [-0.39, 0.29) is 6.15 Å². The highest BCUT2D eigenvalue weighted by molar-refractivity contribution is 5.02. The molecule has 0 saturated heterocycles. The summed E-state index contributed by atoms with van der Waals surface area (Å²) >= 11 is 0. The molecule has 0 aliphatic heterocycles. The van der Waals surface area contributed by atoms with E-state index in [1.54, 1.807) is 13.8 Å². The van der Waals surface area contributed by atoms with Crippen LogP contribution in [0.2, 0.25) is 0 Å². The van der Waals surface area contributed by atoms with Gasteiger partial charge < -0.3 is 10.9 Å². The molecule has 19 heavy (non-hydrogen) atoms. The average molecular weight is 284 g/mol. The van der Waals surface area contributed by atoms with Crippen LogP contribution in [0.4, 0.5) is 17.6 Å². The first-order valence-corrected chi connectivity index (χ1v) is 5.44. The standard InChI is InChI=1S/C10H13F4N3O.H3N/c1-3-5-15-6(4-2)17-10(16-5)18-9(14)7(11)8(12)13;/h7-9H,3-4H2,1-2H3;1H3. The second-order valence-electron chi connectivity index (χ2n) is 3.41. The van der Waals surface area contributed by atoms with Crippen molar-refractivity contribution < 1.29 is 22.3 Å². The predicted molar refractivity (Wildman–Crippen MR) is 60.0 cm³/mol. The SMILES string of the molecule is CCc1nc(CC)nc(OC(F)C(F)C(F)F)n1.N. The average Bonchev–Trinajstić information content (AvgIpc) is 2.36. The zero-order valence-electron chi connectivity index (χ0n) is 10.6. The van der Waals surface area contributed by atoms with Crippen LogP contribution >= 0.6 is 0 Å². The van der Waals surface area contributed by atoms with Gasteiger partial charge in [0, 0.05) is 12.8 Å². The van der Waals surface area contributed by atoms with Gasteiger partial charge in [0.15, 0.2) is 0 Å². The second kappa shape index (κ2) is 7.82. The van der Waals surface area contributed by atoms with Crippen LogP contribution in [0.3, 0.4) is 0 Å². The Bertz CT molecular complexity index is 372. The highest BCUT2D eigenvalue weighted by Gasteiger charge is 2.32. The molecule has 0 radical (unpaired) electrons. The molecule has 1 rings (SSSR count). The molecule has 1 heterocycles. The molecular weight excluding hydrogens is 268 g/mol. The molecule has 1 aromatic heterocycles. The number of halogens is 4. The van der Waals surface area contributed by atoms with Crippen LogP contribution in [0, 0.1) is 0 Å². The number of hydrogen-bond acceptors (Lipinski definition) is 5. The minimum Gasteiger partial charge on any atom is -0.425 e. The van der Waals surface area contributed by atoms with Crippen LogP contribution in [0.15, 0.2) is 0 Å². The van der Waals surface area contributed by atoms with E-state index in [9.17, 15) is 17.6 Å². The lowest BCUT2D eigenvalue weighted by Crippen LogP contribution is -2.30. The predicted octanol–water partition coefficient (Wildman–Crippen LogP) is 2.44. The molecule has 0 fully saturated rings. The minimum absolute atomic E-state index is 0. The van der Waals surface area contributed by atoms with E-state index in [0.717, 1.165) is 0 Å². The molecule has 2 atom stereocenters. The van der Waals surface area contributed by atoms with Gasteiger partial charge in [-0.1, -0.05) is 13.8 Å². The smallest absolute Gasteiger partial charge is 0.322 e. The zero-order chi connectivity index (χ0) is 13.7. The van der Waals surface area contributed by atoms with Gasteiger partial charge in [0.05, 0.1) is 0 Å².